The third-order valence-electron chi connectivity index (χ3n) is 3.35. The number of carbonyl (C=O) groups excluding carboxylic acids is 1. The van der Waals surface area contributed by atoms with Crippen LogP contribution in [0.1, 0.15) is 33.1 Å². The number of methoxy groups -OCH3 is 1. The van der Waals surface area contributed by atoms with E-state index in [-0.39, 0.29) is 5.97 Å². The number of thioether (sulfide) groups is 1. The standard InChI is InChI=1S/C12H23NO2S/c1-12(2)6-5-9(13-3)10(7-12)16-8-11(14)15-4/h9-10,13H,5-8H2,1-4H3. The van der Waals surface area contributed by atoms with Gasteiger partial charge in [0.15, 0.2) is 0 Å². The van der Waals surface area contributed by atoms with E-state index in [0.717, 1.165) is 0 Å². The summed E-state index contributed by atoms with van der Waals surface area (Å²) in [6, 6.07) is 0.530. The first-order chi connectivity index (χ1) is 7.48. The maximum Gasteiger partial charge on any atom is 0.315 e. The van der Waals surface area contributed by atoms with Gasteiger partial charge in [-0.1, -0.05) is 13.8 Å². The lowest BCUT2D eigenvalue weighted by Crippen LogP contribution is -2.43. The van der Waals surface area contributed by atoms with Crippen molar-refractivity contribution < 1.29 is 9.53 Å². The summed E-state index contributed by atoms with van der Waals surface area (Å²) in [6.07, 6.45) is 3.62. The molecule has 1 N–H and O–H groups in total. The molecule has 0 aromatic heterocycles. The molecule has 0 heterocycles. The maximum absolute atomic E-state index is 11.1. The van der Waals surface area contributed by atoms with Crippen LogP contribution in [0.2, 0.25) is 0 Å². The Morgan fingerprint density at radius 1 is 1.56 bits per heavy atom. The van der Waals surface area contributed by atoms with Crippen molar-refractivity contribution in [3.63, 3.8) is 0 Å². The highest BCUT2D eigenvalue weighted by Gasteiger charge is 2.34. The van der Waals surface area contributed by atoms with Gasteiger partial charge in [-0.05, 0) is 31.7 Å². The molecule has 0 radical (unpaired) electrons. The van der Waals surface area contributed by atoms with Crippen molar-refractivity contribution in [2.24, 2.45) is 5.41 Å². The molecule has 0 spiro atoms. The van der Waals surface area contributed by atoms with Gasteiger partial charge in [-0.2, -0.15) is 0 Å². The molecule has 0 saturated heterocycles. The summed E-state index contributed by atoms with van der Waals surface area (Å²) in [5, 5.41) is 3.88. The van der Waals surface area contributed by atoms with Crippen molar-refractivity contribution in [1.29, 1.82) is 0 Å². The topological polar surface area (TPSA) is 38.3 Å². The summed E-state index contributed by atoms with van der Waals surface area (Å²) in [5.74, 6) is 0.346. The molecule has 0 aromatic carbocycles. The average molecular weight is 245 g/mol. The minimum Gasteiger partial charge on any atom is -0.468 e. The lowest BCUT2D eigenvalue weighted by Gasteiger charge is -2.40. The predicted molar refractivity (Wildman–Crippen MR) is 68.7 cm³/mol. The van der Waals surface area contributed by atoms with E-state index in [4.69, 9.17) is 0 Å². The SMILES string of the molecule is CNC1CCC(C)(C)CC1SCC(=O)OC. The molecule has 1 saturated carbocycles. The lowest BCUT2D eigenvalue weighted by atomic mass is 9.75. The van der Waals surface area contributed by atoms with Crippen LogP contribution in [0, 0.1) is 5.41 Å². The molecule has 16 heavy (non-hydrogen) atoms. The van der Waals surface area contributed by atoms with Gasteiger partial charge in [0, 0.05) is 11.3 Å². The molecule has 1 aliphatic rings. The maximum atomic E-state index is 11.1. The smallest absolute Gasteiger partial charge is 0.315 e. The van der Waals surface area contributed by atoms with Gasteiger partial charge in [0.2, 0.25) is 0 Å². The van der Waals surface area contributed by atoms with Gasteiger partial charge in [-0.25, -0.2) is 0 Å². The van der Waals surface area contributed by atoms with Gasteiger partial charge >= 0.3 is 5.97 Å². The molecule has 3 nitrogen and oxygen atoms in total. The lowest BCUT2D eigenvalue weighted by molar-refractivity contribution is -0.137. The second kappa shape index (κ2) is 5.92. The van der Waals surface area contributed by atoms with E-state index in [2.05, 4.69) is 23.9 Å². The number of rotatable bonds is 4. The Hall–Kier alpha value is -0.220. The number of hydrogen-bond acceptors (Lipinski definition) is 4. The minimum atomic E-state index is -0.122. The van der Waals surface area contributed by atoms with Crippen LogP contribution < -0.4 is 5.32 Å². The van der Waals surface area contributed by atoms with E-state index in [1.54, 1.807) is 11.8 Å². The summed E-state index contributed by atoms with van der Waals surface area (Å²) < 4.78 is 4.68. The molecule has 1 fully saturated rings. The second-order valence-electron chi connectivity index (χ2n) is 5.23. The van der Waals surface area contributed by atoms with Crippen LogP contribution in [0.4, 0.5) is 0 Å². The van der Waals surface area contributed by atoms with Gasteiger partial charge in [0.1, 0.15) is 0 Å². The van der Waals surface area contributed by atoms with Gasteiger partial charge in [0.25, 0.3) is 0 Å². The Balaban J connectivity index is 2.49. The Labute approximate surface area is 103 Å². The Bertz CT molecular complexity index is 243. The second-order valence-corrected chi connectivity index (χ2v) is 6.46. The molecule has 0 amide bonds. The quantitative estimate of drug-likeness (QED) is 0.769. The van der Waals surface area contributed by atoms with Crippen molar-refractivity contribution in [3.8, 4) is 0 Å². The van der Waals surface area contributed by atoms with Crippen LogP contribution in [-0.2, 0) is 9.53 Å². The fourth-order valence-electron chi connectivity index (χ4n) is 2.26. The van der Waals surface area contributed by atoms with E-state index >= 15 is 0 Å². The minimum absolute atomic E-state index is 0.122. The number of esters is 1. The van der Waals surface area contributed by atoms with Gasteiger partial charge in [-0.15, -0.1) is 11.8 Å². The van der Waals surface area contributed by atoms with E-state index < -0.39 is 0 Å². The monoisotopic (exact) mass is 245 g/mol. The zero-order chi connectivity index (χ0) is 12.2. The summed E-state index contributed by atoms with van der Waals surface area (Å²) in [7, 11) is 3.46. The van der Waals surface area contributed by atoms with Crippen LogP contribution in [0.25, 0.3) is 0 Å². The third kappa shape index (κ3) is 3.98. The van der Waals surface area contributed by atoms with Crippen LogP contribution in [0.5, 0.6) is 0 Å². The normalized spacial score (nSPS) is 28.8. The van der Waals surface area contributed by atoms with Gasteiger partial charge in [-0.3, -0.25) is 4.79 Å². The van der Waals surface area contributed by atoms with Crippen molar-refractivity contribution in [2.75, 3.05) is 19.9 Å². The van der Waals surface area contributed by atoms with E-state index in [1.807, 2.05) is 7.05 Å². The fraction of sp³-hybridized carbons (Fsp3) is 0.917. The molecular weight excluding hydrogens is 222 g/mol. The summed E-state index contributed by atoms with van der Waals surface area (Å²) in [4.78, 5) is 11.1. The van der Waals surface area contributed by atoms with Crippen LogP contribution in [-0.4, -0.2) is 37.2 Å². The van der Waals surface area contributed by atoms with Crippen molar-refractivity contribution in [1.82, 2.24) is 5.32 Å². The Kier molecular flexibility index (Phi) is 5.12. The predicted octanol–water partition coefficient (Wildman–Crippen LogP) is 2.06. The Morgan fingerprint density at radius 3 is 2.81 bits per heavy atom. The molecule has 1 rings (SSSR count). The van der Waals surface area contributed by atoms with E-state index in [0.29, 0.717) is 22.5 Å². The van der Waals surface area contributed by atoms with Crippen molar-refractivity contribution >= 4 is 17.7 Å². The highest BCUT2D eigenvalue weighted by molar-refractivity contribution is 8.00. The van der Waals surface area contributed by atoms with Crippen LogP contribution in [0.3, 0.4) is 0 Å². The van der Waals surface area contributed by atoms with Crippen LogP contribution in [0.15, 0.2) is 0 Å². The van der Waals surface area contributed by atoms with E-state index in [1.165, 1.54) is 26.4 Å². The van der Waals surface area contributed by atoms with Crippen LogP contribution >= 0.6 is 11.8 Å². The molecule has 0 aromatic rings. The largest absolute Gasteiger partial charge is 0.468 e. The molecule has 2 unspecified atom stereocenters. The van der Waals surface area contributed by atoms with Gasteiger partial charge in [0.05, 0.1) is 12.9 Å². The summed E-state index contributed by atoms with van der Waals surface area (Å²) >= 11 is 1.73. The third-order valence-corrected chi connectivity index (χ3v) is 4.67. The number of ether oxygens (including phenoxy) is 1. The van der Waals surface area contributed by atoms with Gasteiger partial charge < -0.3 is 10.1 Å². The summed E-state index contributed by atoms with van der Waals surface area (Å²) in [5.41, 5.74) is 0.404. The first-order valence-electron chi connectivity index (χ1n) is 5.84. The number of hydrogen-bond donors (Lipinski definition) is 1. The molecule has 0 aliphatic heterocycles. The fourth-order valence-corrected chi connectivity index (χ4v) is 3.80. The first kappa shape index (κ1) is 13.8. The van der Waals surface area contributed by atoms with Crippen molar-refractivity contribution in [2.45, 2.75) is 44.4 Å². The molecule has 0 bridgehead atoms. The highest BCUT2D eigenvalue weighted by Crippen LogP contribution is 2.40. The average Bonchev–Trinajstić information content (AvgIpc) is 2.25. The zero-order valence-corrected chi connectivity index (χ0v) is 11.5. The molecule has 94 valence electrons. The highest BCUT2D eigenvalue weighted by atomic mass is 32.2. The molecular formula is C12H23NO2S. The molecule has 4 heteroatoms. The Morgan fingerprint density at radius 2 is 2.25 bits per heavy atom. The number of carbonyl (C=O) groups is 1. The van der Waals surface area contributed by atoms with Crippen molar-refractivity contribution in [3.05, 3.63) is 0 Å². The number of nitrogens with one attached hydrogen (secondary N) is 1. The molecule has 1 aliphatic carbocycles. The first-order valence-corrected chi connectivity index (χ1v) is 6.89. The summed E-state index contributed by atoms with van der Waals surface area (Å²) in [6.45, 7) is 4.62. The zero-order valence-electron chi connectivity index (χ0n) is 10.7. The molecule has 2 atom stereocenters. The van der Waals surface area contributed by atoms with E-state index in [9.17, 15) is 4.79 Å².